The van der Waals surface area contributed by atoms with Gasteiger partial charge in [-0.15, -0.1) is 0 Å². The van der Waals surface area contributed by atoms with Gasteiger partial charge in [0, 0.05) is 31.6 Å². The maximum absolute atomic E-state index is 13.6. The van der Waals surface area contributed by atoms with Gasteiger partial charge in [0.2, 0.25) is 0 Å². The summed E-state index contributed by atoms with van der Waals surface area (Å²) < 4.78 is 11.3. The molecular weight excluding hydrogens is 444 g/mol. The van der Waals surface area contributed by atoms with Crippen LogP contribution in [0, 0.1) is 22.7 Å². The molecule has 2 bridgehead atoms. The van der Waals surface area contributed by atoms with Crippen molar-refractivity contribution in [1.29, 1.82) is 0 Å². The van der Waals surface area contributed by atoms with Crippen LogP contribution in [0.15, 0.2) is 30.3 Å². The van der Waals surface area contributed by atoms with Crippen molar-refractivity contribution in [3.8, 4) is 0 Å². The number of ether oxygens (including phenoxy) is 2. The molecule has 190 valence electrons. The summed E-state index contributed by atoms with van der Waals surface area (Å²) in [5, 5.41) is 0. The molecule has 0 spiro atoms. The highest BCUT2D eigenvalue weighted by Crippen LogP contribution is 2.66. The van der Waals surface area contributed by atoms with Crippen molar-refractivity contribution in [3.63, 3.8) is 0 Å². The SMILES string of the molecule is CC12CCC(C(=O)N3CCC(C4CCN(C(=O)OCc5ccccc5)CC4)CC3)(OC1=O)C2(C)C. The zero-order valence-corrected chi connectivity index (χ0v) is 21.3. The second kappa shape index (κ2) is 8.82. The Labute approximate surface area is 208 Å². The van der Waals surface area contributed by atoms with Gasteiger partial charge in [-0.25, -0.2) is 4.79 Å². The van der Waals surface area contributed by atoms with Crippen LogP contribution in [0.2, 0.25) is 0 Å². The van der Waals surface area contributed by atoms with Gasteiger partial charge in [0.1, 0.15) is 6.61 Å². The van der Waals surface area contributed by atoms with Crippen molar-refractivity contribution in [3.05, 3.63) is 35.9 Å². The molecule has 7 nitrogen and oxygen atoms in total. The first-order chi connectivity index (χ1) is 16.7. The zero-order chi connectivity index (χ0) is 24.8. The van der Waals surface area contributed by atoms with Crippen LogP contribution in [0.25, 0.3) is 0 Å². The van der Waals surface area contributed by atoms with E-state index in [1.807, 2.05) is 60.9 Å². The molecule has 1 saturated carbocycles. The summed E-state index contributed by atoms with van der Waals surface area (Å²) in [5.41, 5.74) is -1.07. The van der Waals surface area contributed by atoms with Crippen molar-refractivity contribution in [2.75, 3.05) is 26.2 Å². The van der Waals surface area contributed by atoms with Crippen LogP contribution < -0.4 is 0 Å². The fourth-order valence-corrected chi connectivity index (χ4v) is 6.91. The number of piperidine rings is 2. The number of likely N-dealkylation sites (tertiary alicyclic amines) is 2. The number of hydrogen-bond donors (Lipinski definition) is 0. The standard InChI is InChI=1S/C28H38N2O5/c1-26(2)27(3)13-14-28(26,35-24(27)32)23(31)29-15-9-21(10-16-29)22-11-17-30(18-12-22)25(33)34-19-20-7-5-4-6-8-20/h4-8,21-22H,9-19H2,1-3H3. The van der Waals surface area contributed by atoms with E-state index in [1.54, 1.807) is 0 Å². The summed E-state index contributed by atoms with van der Waals surface area (Å²) >= 11 is 0. The Kier molecular flexibility index (Phi) is 6.09. The molecule has 2 atom stereocenters. The summed E-state index contributed by atoms with van der Waals surface area (Å²) in [6.07, 6.45) is 5.00. The molecular formula is C28H38N2O5. The summed E-state index contributed by atoms with van der Waals surface area (Å²) in [7, 11) is 0. The van der Waals surface area contributed by atoms with E-state index in [4.69, 9.17) is 9.47 Å². The molecule has 0 radical (unpaired) electrons. The third-order valence-electron chi connectivity index (χ3n) is 9.93. The van der Waals surface area contributed by atoms with E-state index in [1.165, 1.54) is 0 Å². The lowest BCUT2D eigenvalue weighted by atomic mass is 9.66. The number of carbonyl (C=O) groups excluding carboxylic acids is 3. The number of fused-ring (bicyclic) bond motifs is 2. The fourth-order valence-electron chi connectivity index (χ4n) is 6.91. The topological polar surface area (TPSA) is 76.2 Å². The van der Waals surface area contributed by atoms with Crippen LogP contribution in [-0.2, 0) is 25.7 Å². The molecule has 4 fully saturated rings. The van der Waals surface area contributed by atoms with Crippen LogP contribution in [0.4, 0.5) is 4.79 Å². The van der Waals surface area contributed by atoms with Crippen molar-refractivity contribution in [1.82, 2.24) is 9.80 Å². The molecule has 3 aliphatic heterocycles. The molecule has 2 unspecified atom stereocenters. The van der Waals surface area contributed by atoms with Gasteiger partial charge in [-0.3, -0.25) is 9.59 Å². The molecule has 7 heteroatoms. The minimum Gasteiger partial charge on any atom is -0.448 e. The predicted octanol–water partition coefficient (Wildman–Crippen LogP) is 4.40. The lowest BCUT2D eigenvalue weighted by Gasteiger charge is -2.43. The Morgan fingerprint density at radius 3 is 2.00 bits per heavy atom. The number of benzene rings is 1. The molecule has 1 aromatic rings. The molecule has 0 N–H and O–H groups in total. The van der Waals surface area contributed by atoms with E-state index < -0.39 is 16.4 Å². The molecule has 1 aromatic carbocycles. The number of esters is 1. The Bertz CT molecular complexity index is 978. The molecule has 5 rings (SSSR count). The molecule has 2 amide bonds. The first-order valence-electron chi connectivity index (χ1n) is 13.2. The van der Waals surface area contributed by atoms with E-state index in [9.17, 15) is 14.4 Å². The Morgan fingerprint density at radius 1 is 0.914 bits per heavy atom. The molecule has 1 aliphatic carbocycles. The summed E-state index contributed by atoms with van der Waals surface area (Å²) in [6, 6.07) is 9.75. The van der Waals surface area contributed by atoms with Crippen LogP contribution in [0.1, 0.15) is 64.9 Å². The smallest absolute Gasteiger partial charge is 0.410 e. The first kappa shape index (κ1) is 24.1. The number of nitrogens with zero attached hydrogens (tertiary/aromatic N) is 2. The Hall–Kier alpha value is -2.57. The second-order valence-electron chi connectivity index (χ2n) is 11.7. The molecule has 3 heterocycles. The predicted molar refractivity (Wildman–Crippen MR) is 130 cm³/mol. The maximum atomic E-state index is 13.6. The van der Waals surface area contributed by atoms with Crippen molar-refractivity contribution in [2.45, 2.75) is 71.5 Å². The summed E-state index contributed by atoms with van der Waals surface area (Å²) in [5.74, 6) is 0.920. The van der Waals surface area contributed by atoms with Gasteiger partial charge in [-0.2, -0.15) is 0 Å². The van der Waals surface area contributed by atoms with Crippen LogP contribution in [0.5, 0.6) is 0 Å². The summed E-state index contributed by atoms with van der Waals surface area (Å²) in [6.45, 7) is 9.19. The highest BCUT2D eigenvalue weighted by atomic mass is 16.6. The normalized spacial score (nSPS) is 30.9. The second-order valence-corrected chi connectivity index (χ2v) is 11.7. The molecule has 0 aromatic heterocycles. The van der Waals surface area contributed by atoms with Crippen LogP contribution >= 0.6 is 0 Å². The molecule has 3 saturated heterocycles. The van der Waals surface area contributed by atoms with Gasteiger partial charge in [0.05, 0.1) is 5.41 Å². The highest BCUT2D eigenvalue weighted by molar-refractivity contribution is 5.96. The van der Waals surface area contributed by atoms with E-state index in [-0.39, 0.29) is 18.0 Å². The number of hydrogen-bond acceptors (Lipinski definition) is 5. The summed E-state index contributed by atoms with van der Waals surface area (Å²) in [4.78, 5) is 42.5. The first-order valence-corrected chi connectivity index (χ1v) is 13.2. The van der Waals surface area contributed by atoms with Gasteiger partial charge in [0.25, 0.3) is 5.91 Å². The van der Waals surface area contributed by atoms with Crippen molar-refractivity contribution in [2.24, 2.45) is 22.7 Å². The van der Waals surface area contributed by atoms with Gasteiger partial charge < -0.3 is 19.3 Å². The quantitative estimate of drug-likeness (QED) is 0.595. The third kappa shape index (κ3) is 3.82. The van der Waals surface area contributed by atoms with E-state index in [2.05, 4.69) is 0 Å². The minimum atomic E-state index is -1.00. The lowest BCUT2D eigenvalue weighted by molar-refractivity contribution is -0.175. The van der Waals surface area contributed by atoms with Gasteiger partial charge in [0.15, 0.2) is 5.60 Å². The van der Waals surface area contributed by atoms with Gasteiger partial charge in [-0.1, -0.05) is 44.2 Å². The van der Waals surface area contributed by atoms with E-state index in [0.717, 1.165) is 57.4 Å². The number of rotatable bonds is 4. The van der Waals surface area contributed by atoms with Gasteiger partial charge in [-0.05, 0) is 62.8 Å². The van der Waals surface area contributed by atoms with Crippen molar-refractivity contribution >= 4 is 18.0 Å². The van der Waals surface area contributed by atoms with Crippen LogP contribution in [-0.4, -0.2) is 59.5 Å². The molecule has 35 heavy (non-hydrogen) atoms. The number of amides is 2. The maximum Gasteiger partial charge on any atom is 0.410 e. The Morgan fingerprint density at radius 2 is 1.49 bits per heavy atom. The average molecular weight is 483 g/mol. The third-order valence-corrected chi connectivity index (χ3v) is 9.93. The van der Waals surface area contributed by atoms with Gasteiger partial charge >= 0.3 is 12.1 Å². The molecule has 4 aliphatic rings. The zero-order valence-electron chi connectivity index (χ0n) is 21.3. The number of carbonyl (C=O) groups is 3. The highest BCUT2D eigenvalue weighted by Gasteiger charge is 2.76. The fraction of sp³-hybridized carbons (Fsp3) is 0.679. The van der Waals surface area contributed by atoms with Crippen LogP contribution in [0.3, 0.4) is 0 Å². The largest absolute Gasteiger partial charge is 0.448 e. The minimum absolute atomic E-state index is 0.00602. The average Bonchev–Trinajstić information content (AvgIpc) is 3.18. The Balaban J connectivity index is 1.10. The van der Waals surface area contributed by atoms with E-state index in [0.29, 0.717) is 31.3 Å². The van der Waals surface area contributed by atoms with Crippen molar-refractivity contribution < 1.29 is 23.9 Å². The van der Waals surface area contributed by atoms with E-state index >= 15 is 0 Å². The monoisotopic (exact) mass is 482 g/mol. The lowest BCUT2D eigenvalue weighted by Crippen LogP contribution is -2.56.